The Balaban J connectivity index is 1.01. The van der Waals surface area contributed by atoms with Crippen molar-refractivity contribution in [2.24, 2.45) is 11.8 Å². The van der Waals surface area contributed by atoms with Gasteiger partial charge in [0.15, 0.2) is 5.13 Å². The van der Waals surface area contributed by atoms with E-state index in [0.717, 1.165) is 56.7 Å². The first-order valence-corrected chi connectivity index (χ1v) is 17.3. The topological polar surface area (TPSA) is 139 Å². The lowest BCUT2D eigenvalue weighted by Crippen LogP contribution is -2.43. The second-order valence-corrected chi connectivity index (χ2v) is 15.4. The van der Waals surface area contributed by atoms with Gasteiger partial charge >= 0.3 is 16.2 Å². The molecule has 2 amide bonds. The van der Waals surface area contributed by atoms with E-state index in [9.17, 15) is 13.2 Å². The smallest absolute Gasteiger partial charge is 0.333 e. The van der Waals surface area contributed by atoms with E-state index in [1.54, 1.807) is 30.3 Å². The van der Waals surface area contributed by atoms with Crippen LogP contribution in [0.1, 0.15) is 42.9 Å². The largest absolute Gasteiger partial charge is 0.373 e. The Morgan fingerprint density at radius 1 is 1.16 bits per heavy atom. The molecule has 4 aliphatic carbocycles. The zero-order valence-corrected chi connectivity index (χ0v) is 27.0. The first-order valence-electron chi connectivity index (χ1n) is 14.3. The minimum absolute atomic E-state index is 0.0937. The van der Waals surface area contributed by atoms with E-state index in [1.165, 1.54) is 25.4 Å². The molecule has 44 heavy (non-hydrogen) atoms. The summed E-state index contributed by atoms with van der Waals surface area (Å²) in [6, 6.07) is 10.1. The first-order chi connectivity index (χ1) is 21.1. The van der Waals surface area contributed by atoms with Crippen molar-refractivity contribution < 1.29 is 22.5 Å². The van der Waals surface area contributed by atoms with E-state index in [4.69, 9.17) is 37.4 Å². The highest BCUT2D eigenvalue weighted by molar-refractivity contribution is 7.87. The van der Waals surface area contributed by atoms with E-state index < -0.39 is 16.2 Å². The Labute approximate surface area is 268 Å². The number of nitrogens with zero attached hydrogens (tertiary/aromatic N) is 3. The van der Waals surface area contributed by atoms with Crippen LogP contribution in [0, 0.1) is 11.8 Å². The van der Waals surface area contributed by atoms with Gasteiger partial charge in [0.1, 0.15) is 11.5 Å². The number of urea groups is 1. The molecule has 0 saturated heterocycles. The molecule has 4 saturated carbocycles. The third kappa shape index (κ3) is 5.65. The summed E-state index contributed by atoms with van der Waals surface area (Å²) in [4.78, 5) is 16.9. The van der Waals surface area contributed by atoms with Crippen LogP contribution in [0.25, 0.3) is 21.5 Å². The number of hydrogen-bond acceptors (Lipinski definition) is 9. The molecule has 0 aliphatic heterocycles. The fourth-order valence-corrected chi connectivity index (χ4v) is 8.12. The van der Waals surface area contributed by atoms with Crippen LogP contribution in [-0.2, 0) is 21.6 Å². The molecule has 3 N–H and O–H groups in total. The van der Waals surface area contributed by atoms with Gasteiger partial charge < -0.3 is 19.9 Å². The predicted molar refractivity (Wildman–Crippen MR) is 171 cm³/mol. The Morgan fingerprint density at radius 3 is 2.66 bits per heavy atom. The van der Waals surface area contributed by atoms with Gasteiger partial charge in [0, 0.05) is 48.8 Å². The van der Waals surface area contributed by atoms with Crippen molar-refractivity contribution in [3.8, 4) is 11.3 Å². The van der Waals surface area contributed by atoms with Gasteiger partial charge in [-0.05, 0) is 61.9 Å². The van der Waals surface area contributed by atoms with Crippen LogP contribution < -0.4 is 15.4 Å². The highest BCUT2D eigenvalue weighted by atomic mass is 35.5. The number of benzene rings is 2. The number of halogens is 2. The summed E-state index contributed by atoms with van der Waals surface area (Å²) in [7, 11) is -1.21. The molecular formula is C29H30Cl2N6O5S2. The third-order valence-corrected chi connectivity index (χ3v) is 11.6. The minimum Gasteiger partial charge on any atom is -0.373 e. The molecule has 2 aromatic carbocycles. The molecular weight excluding hydrogens is 647 g/mol. The molecule has 4 atom stereocenters. The van der Waals surface area contributed by atoms with Gasteiger partial charge in [0.2, 0.25) is 0 Å². The van der Waals surface area contributed by atoms with Crippen LogP contribution in [0.4, 0.5) is 15.6 Å². The maximum atomic E-state index is 12.2. The van der Waals surface area contributed by atoms with Gasteiger partial charge in [-0.25, -0.2) is 14.5 Å². The zero-order valence-electron chi connectivity index (χ0n) is 23.8. The molecule has 4 aromatic rings. The average Bonchev–Trinajstić information content (AvgIpc) is 3.27. The lowest BCUT2D eigenvalue weighted by atomic mass is 9.78. The summed E-state index contributed by atoms with van der Waals surface area (Å²) < 4.78 is 39.9. The molecule has 2 bridgehead atoms. The van der Waals surface area contributed by atoms with Gasteiger partial charge in [0.05, 0.1) is 33.0 Å². The summed E-state index contributed by atoms with van der Waals surface area (Å²) in [5, 5.41) is 12.4. The highest BCUT2D eigenvalue weighted by Crippen LogP contribution is 2.53. The number of nitrogens with one attached hydrogen (secondary N) is 3. The molecule has 3 unspecified atom stereocenters. The standard InChI is InChI=1S/C29H30Cl2N6O5S2/c1-37(2)44(39,40)36-28(38)32-16-8-9-21-23(12-16)43-29(33-21)34-25-15-10-17(25)22(11-15)41-13-18-26(35-42-27(18)14-6-7-14)24-19(30)4-3-5-20(24)31/h3-5,8-9,12,14-15,17,22,25H,6-7,10-11,13H2,1-2H3,(H,33,34)(H2,32,36,38)/t15?,17?,22-,25?/m1/s1. The number of aromatic nitrogens is 2. The van der Waals surface area contributed by atoms with Crippen molar-refractivity contribution in [2.45, 2.75) is 50.4 Å². The molecule has 2 aromatic heterocycles. The number of ether oxygens (including phenoxy) is 1. The molecule has 15 heteroatoms. The predicted octanol–water partition coefficient (Wildman–Crippen LogP) is 6.47. The van der Waals surface area contributed by atoms with E-state index >= 15 is 0 Å². The number of carbonyl (C=O) groups excluding carboxylic acids is 1. The summed E-state index contributed by atoms with van der Waals surface area (Å²) in [6.07, 6.45) is 4.29. The Morgan fingerprint density at radius 2 is 1.93 bits per heavy atom. The van der Waals surface area contributed by atoms with Gasteiger partial charge in [-0.1, -0.05) is 45.8 Å². The van der Waals surface area contributed by atoms with Gasteiger partial charge in [-0.3, -0.25) is 0 Å². The van der Waals surface area contributed by atoms with Crippen molar-refractivity contribution in [1.29, 1.82) is 0 Å². The van der Waals surface area contributed by atoms with Gasteiger partial charge in [0.25, 0.3) is 0 Å². The second-order valence-electron chi connectivity index (χ2n) is 11.7. The van der Waals surface area contributed by atoms with Gasteiger partial charge in [-0.2, -0.15) is 12.7 Å². The molecule has 4 fully saturated rings. The SMILES string of the molecule is CN(C)S(=O)(=O)NC(=O)Nc1ccc2nc(NC3C4CC3[C@H](OCc3c(-c5c(Cl)cccc5Cl)noc3C3CC3)C4)sc2c1. The summed E-state index contributed by atoms with van der Waals surface area (Å²) in [5.74, 6) is 2.07. The quantitative estimate of drug-likeness (QED) is 0.174. The fraction of sp³-hybridized carbons (Fsp3) is 0.414. The van der Waals surface area contributed by atoms with Crippen molar-refractivity contribution in [3.05, 3.63) is 57.8 Å². The molecule has 0 spiro atoms. The van der Waals surface area contributed by atoms with Crippen molar-refractivity contribution >= 4 is 71.8 Å². The Kier molecular flexibility index (Phi) is 7.74. The number of thiazole rings is 1. The third-order valence-electron chi connectivity index (χ3n) is 8.60. The number of fused-ring (bicyclic) bond motifs is 2. The van der Waals surface area contributed by atoms with Crippen LogP contribution in [0.15, 0.2) is 40.9 Å². The maximum Gasteiger partial charge on any atom is 0.333 e. The van der Waals surface area contributed by atoms with Crippen LogP contribution in [0.3, 0.4) is 0 Å². The van der Waals surface area contributed by atoms with Crippen LogP contribution >= 0.6 is 34.5 Å². The van der Waals surface area contributed by atoms with E-state index in [1.807, 2.05) is 10.8 Å². The number of amides is 2. The monoisotopic (exact) mass is 676 g/mol. The molecule has 0 radical (unpaired) electrons. The molecule has 8 rings (SSSR count). The fourth-order valence-electron chi connectivity index (χ4n) is 6.12. The van der Waals surface area contributed by atoms with Crippen molar-refractivity contribution in [2.75, 3.05) is 24.7 Å². The summed E-state index contributed by atoms with van der Waals surface area (Å²) in [5.41, 5.74) is 3.51. The minimum atomic E-state index is -3.89. The van der Waals surface area contributed by atoms with Crippen LogP contribution in [0.2, 0.25) is 10.0 Å². The normalized spacial score (nSPS) is 22.8. The Bertz CT molecular complexity index is 1840. The molecule has 11 nitrogen and oxygen atoms in total. The highest BCUT2D eigenvalue weighted by Gasteiger charge is 2.54. The molecule has 2 heterocycles. The summed E-state index contributed by atoms with van der Waals surface area (Å²) in [6.45, 7) is 0.382. The number of hydrogen-bond donors (Lipinski definition) is 3. The van der Waals surface area contributed by atoms with Crippen molar-refractivity contribution in [1.82, 2.24) is 19.2 Å². The zero-order chi connectivity index (χ0) is 30.7. The van der Waals surface area contributed by atoms with E-state index in [0.29, 0.717) is 51.4 Å². The number of carbonyl (C=O) groups is 1. The van der Waals surface area contributed by atoms with E-state index in [-0.39, 0.29) is 12.1 Å². The van der Waals surface area contributed by atoms with Gasteiger partial charge in [-0.15, -0.1) is 0 Å². The van der Waals surface area contributed by atoms with Crippen molar-refractivity contribution in [3.63, 3.8) is 0 Å². The van der Waals surface area contributed by atoms with Crippen LogP contribution in [0.5, 0.6) is 0 Å². The van der Waals surface area contributed by atoms with E-state index in [2.05, 4.69) is 15.8 Å². The number of anilines is 2. The number of rotatable bonds is 10. The second kappa shape index (κ2) is 11.5. The molecule has 4 aliphatic rings. The lowest BCUT2D eigenvalue weighted by molar-refractivity contribution is 0.0175. The summed E-state index contributed by atoms with van der Waals surface area (Å²) >= 11 is 14.5. The Hall–Kier alpha value is -2.94. The lowest BCUT2D eigenvalue weighted by Gasteiger charge is -2.37. The average molecular weight is 678 g/mol. The molecule has 232 valence electrons. The maximum absolute atomic E-state index is 12.2. The first kappa shape index (κ1) is 29.8. The van der Waals surface area contributed by atoms with Crippen LogP contribution in [-0.4, -0.2) is 55.1 Å².